The zero-order valence-corrected chi connectivity index (χ0v) is 11.2. The number of benzene rings is 1. The molecule has 0 saturated heterocycles. The van der Waals surface area contributed by atoms with Crippen LogP contribution in [-0.4, -0.2) is 42.1 Å². The van der Waals surface area contributed by atoms with Crippen LogP contribution in [0.25, 0.3) is 0 Å². The number of aliphatic carboxylic acids is 1. The maximum Gasteiger partial charge on any atom is 0.325 e. The molecule has 0 aromatic heterocycles. The van der Waals surface area contributed by atoms with Crippen LogP contribution in [0.5, 0.6) is 0 Å². The van der Waals surface area contributed by atoms with Gasteiger partial charge in [0.25, 0.3) is 0 Å². The van der Waals surface area contributed by atoms with Gasteiger partial charge in [0.15, 0.2) is 0 Å². The van der Waals surface area contributed by atoms with Crippen molar-refractivity contribution < 1.29 is 14.7 Å². The number of carbonyl (C=O) groups excluding carboxylic acids is 1. The highest BCUT2D eigenvalue weighted by molar-refractivity contribution is 5.94. The number of fused-ring (bicyclic) bond motifs is 1. The standard InChI is InChI=1S/C15H16N2O3/c1-3-8-16(2)15(20)17-10-12(14(18)19)9-11-6-4-5-7-13(11)17/h1,4-7,12H,8-10H2,2H3,(H,18,19). The smallest absolute Gasteiger partial charge is 0.325 e. The van der Waals surface area contributed by atoms with E-state index in [1.807, 2.05) is 24.3 Å². The number of hydrogen-bond donors (Lipinski definition) is 1. The first-order valence-corrected chi connectivity index (χ1v) is 6.31. The number of urea groups is 1. The fourth-order valence-electron chi connectivity index (χ4n) is 2.35. The van der Waals surface area contributed by atoms with Crippen molar-refractivity contribution in [3.05, 3.63) is 29.8 Å². The molecular weight excluding hydrogens is 256 g/mol. The maximum atomic E-state index is 12.4. The average Bonchev–Trinajstić information content (AvgIpc) is 2.45. The highest BCUT2D eigenvalue weighted by atomic mass is 16.4. The van der Waals surface area contributed by atoms with Crippen molar-refractivity contribution in [1.82, 2.24) is 4.90 Å². The lowest BCUT2D eigenvalue weighted by Gasteiger charge is -2.35. The van der Waals surface area contributed by atoms with Crippen molar-refractivity contribution in [2.45, 2.75) is 6.42 Å². The summed E-state index contributed by atoms with van der Waals surface area (Å²) < 4.78 is 0. The van der Waals surface area contributed by atoms with Crippen LogP contribution in [0.15, 0.2) is 24.3 Å². The van der Waals surface area contributed by atoms with Crippen LogP contribution < -0.4 is 4.90 Å². The van der Waals surface area contributed by atoms with E-state index in [2.05, 4.69) is 5.92 Å². The molecule has 2 rings (SSSR count). The SMILES string of the molecule is C#CCN(C)C(=O)N1CC(C(=O)O)Cc2ccccc21. The Morgan fingerprint density at radius 3 is 2.85 bits per heavy atom. The second-order valence-corrected chi connectivity index (χ2v) is 4.82. The van der Waals surface area contributed by atoms with Crippen LogP contribution in [0.3, 0.4) is 0 Å². The molecule has 1 aromatic carbocycles. The quantitative estimate of drug-likeness (QED) is 0.829. The van der Waals surface area contributed by atoms with Crippen molar-refractivity contribution in [2.75, 3.05) is 25.0 Å². The first kappa shape index (κ1) is 13.9. The van der Waals surface area contributed by atoms with Crippen LogP contribution in [0.1, 0.15) is 5.56 Å². The van der Waals surface area contributed by atoms with Gasteiger partial charge in [-0.3, -0.25) is 9.69 Å². The van der Waals surface area contributed by atoms with Crippen molar-refractivity contribution in [3.8, 4) is 12.3 Å². The molecule has 1 aromatic rings. The molecule has 1 aliphatic rings. The van der Waals surface area contributed by atoms with Crippen molar-refractivity contribution in [2.24, 2.45) is 5.92 Å². The Hall–Kier alpha value is -2.48. The van der Waals surface area contributed by atoms with Crippen LogP contribution in [0.4, 0.5) is 10.5 Å². The Kier molecular flexibility index (Phi) is 3.94. The van der Waals surface area contributed by atoms with E-state index >= 15 is 0 Å². The van der Waals surface area contributed by atoms with Gasteiger partial charge in [-0.25, -0.2) is 4.79 Å². The van der Waals surface area contributed by atoms with Crippen molar-refractivity contribution >= 4 is 17.7 Å². The third kappa shape index (κ3) is 2.59. The van der Waals surface area contributed by atoms with E-state index in [1.165, 1.54) is 9.80 Å². The van der Waals surface area contributed by atoms with Crippen LogP contribution in [-0.2, 0) is 11.2 Å². The lowest BCUT2D eigenvalue weighted by molar-refractivity contribution is -0.141. The monoisotopic (exact) mass is 272 g/mol. The number of carboxylic acids is 1. The molecule has 1 N–H and O–H groups in total. The molecular formula is C15H16N2O3. The summed E-state index contributed by atoms with van der Waals surface area (Å²) in [5.41, 5.74) is 1.63. The Bertz CT molecular complexity index is 577. The number of para-hydroxylation sites is 1. The molecule has 1 atom stereocenters. The normalized spacial score (nSPS) is 17.0. The Morgan fingerprint density at radius 1 is 1.50 bits per heavy atom. The van der Waals surface area contributed by atoms with Gasteiger partial charge in [0.05, 0.1) is 12.5 Å². The molecule has 20 heavy (non-hydrogen) atoms. The van der Waals surface area contributed by atoms with Crippen LogP contribution in [0, 0.1) is 18.3 Å². The molecule has 104 valence electrons. The summed E-state index contributed by atoms with van der Waals surface area (Å²) in [7, 11) is 1.61. The lowest BCUT2D eigenvalue weighted by Crippen LogP contribution is -2.48. The lowest BCUT2D eigenvalue weighted by atomic mass is 9.93. The number of amides is 2. The maximum absolute atomic E-state index is 12.4. The molecule has 0 spiro atoms. The second kappa shape index (κ2) is 5.66. The number of carboxylic acid groups (broad SMARTS) is 1. The molecule has 5 heteroatoms. The minimum Gasteiger partial charge on any atom is -0.481 e. The van der Waals surface area contributed by atoms with Gasteiger partial charge in [-0.1, -0.05) is 24.1 Å². The third-order valence-corrected chi connectivity index (χ3v) is 3.39. The van der Waals surface area contributed by atoms with Crippen LogP contribution in [0.2, 0.25) is 0 Å². The van der Waals surface area contributed by atoms with Crippen molar-refractivity contribution in [3.63, 3.8) is 0 Å². The van der Waals surface area contributed by atoms with Gasteiger partial charge >= 0.3 is 12.0 Å². The summed E-state index contributed by atoms with van der Waals surface area (Å²) in [4.78, 5) is 26.5. The van der Waals surface area contributed by atoms with Gasteiger partial charge in [0.2, 0.25) is 0 Å². The largest absolute Gasteiger partial charge is 0.481 e. The number of hydrogen-bond acceptors (Lipinski definition) is 2. The Morgan fingerprint density at radius 2 is 2.20 bits per heavy atom. The predicted octanol–water partition coefficient (Wildman–Crippen LogP) is 1.43. The van der Waals surface area contributed by atoms with E-state index in [9.17, 15) is 14.7 Å². The van der Waals surface area contributed by atoms with Gasteiger partial charge < -0.3 is 10.0 Å². The molecule has 0 saturated carbocycles. The number of rotatable bonds is 2. The number of terminal acetylenes is 1. The molecule has 0 fully saturated rings. The molecule has 0 aliphatic carbocycles. The zero-order valence-electron chi connectivity index (χ0n) is 11.2. The molecule has 1 aliphatic heterocycles. The topological polar surface area (TPSA) is 60.9 Å². The molecule has 1 unspecified atom stereocenters. The van der Waals surface area contributed by atoms with Gasteiger partial charge in [-0.05, 0) is 18.1 Å². The summed E-state index contributed by atoms with van der Waals surface area (Å²) in [6, 6.07) is 7.08. The van der Waals surface area contributed by atoms with Gasteiger partial charge in [0, 0.05) is 19.3 Å². The fraction of sp³-hybridized carbons (Fsp3) is 0.333. The minimum atomic E-state index is -0.892. The van der Waals surface area contributed by atoms with E-state index in [4.69, 9.17) is 6.42 Å². The predicted molar refractivity (Wildman–Crippen MR) is 75.5 cm³/mol. The second-order valence-electron chi connectivity index (χ2n) is 4.82. The number of carbonyl (C=O) groups is 2. The van der Waals surface area contributed by atoms with E-state index in [-0.39, 0.29) is 19.1 Å². The van der Waals surface area contributed by atoms with Crippen LogP contribution >= 0.6 is 0 Å². The van der Waals surface area contributed by atoms with Crippen molar-refractivity contribution in [1.29, 1.82) is 0 Å². The molecule has 1 heterocycles. The summed E-state index contributed by atoms with van der Waals surface area (Å²) >= 11 is 0. The van der Waals surface area contributed by atoms with Gasteiger partial charge in [-0.2, -0.15) is 0 Å². The van der Waals surface area contributed by atoms with Gasteiger partial charge in [0.1, 0.15) is 0 Å². The molecule has 5 nitrogen and oxygen atoms in total. The summed E-state index contributed by atoms with van der Waals surface area (Å²) in [5.74, 6) is 0.926. The Labute approximate surface area is 117 Å². The third-order valence-electron chi connectivity index (χ3n) is 3.39. The number of anilines is 1. The Balaban J connectivity index is 2.34. The fourth-order valence-corrected chi connectivity index (χ4v) is 2.35. The molecule has 0 radical (unpaired) electrons. The minimum absolute atomic E-state index is 0.167. The summed E-state index contributed by atoms with van der Waals surface area (Å²) in [6.07, 6.45) is 5.65. The summed E-state index contributed by atoms with van der Waals surface area (Å²) in [5, 5.41) is 9.22. The highest BCUT2D eigenvalue weighted by Crippen LogP contribution is 2.30. The highest BCUT2D eigenvalue weighted by Gasteiger charge is 2.33. The molecule has 0 bridgehead atoms. The van der Waals surface area contributed by atoms with E-state index in [1.54, 1.807) is 7.05 Å². The van der Waals surface area contributed by atoms with Gasteiger partial charge in [-0.15, -0.1) is 6.42 Å². The average molecular weight is 272 g/mol. The summed E-state index contributed by atoms with van der Waals surface area (Å²) in [6.45, 7) is 0.356. The first-order chi connectivity index (χ1) is 9.54. The van der Waals surface area contributed by atoms with E-state index < -0.39 is 11.9 Å². The van der Waals surface area contributed by atoms with E-state index in [0.717, 1.165) is 11.3 Å². The number of nitrogens with zero attached hydrogens (tertiary/aromatic N) is 2. The molecule has 2 amide bonds. The zero-order chi connectivity index (χ0) is 14.7. The first-order valence-electron chi connectivity index (χ1n) is 6.31. The van der Waals surface area contributed by atoms with E-state index in [0.29, 0.717) is 6.42 Å².